The quantitative estimate of drug-likeness (QED) is 0.783. The highest BCUT2D eigenvalue weighted by Gasteiger charge is 2.42. The third-order valence-corrected chi connectivity index (χ3v) is 4.91. The zero-order valence-corrected chi connectivity index (χ0v) is 15.6. The summed E-state index contributed by atoms with van der Waals surface area (Å²) in [7, 11) is 0. The third-order valence-electron chi connectivity index (χ3n) is 4.91. The number of Topliss-reactive ketones (excluding diaryl/α,β-unsaturated/α-hetero) is 1. The monoisotopic (exact) mass is 354 g/mol. The van der Waals surface area contributed by atoms with Crippen molar-refractivity contribution in [3.8, 4) is 11.5 Å². The Balaban J connectivity index is 1.60. The molecule has 0 saturated carbocycles. The van der Waals surface area contributed by atoms with Crippen molar-refractivity contribution in [2.45, 2.75) is 51.2 Å². The van der Waals surface area contributed by atoms with E-state index in [-0.39, 0.29) is 5.78 Å². The first-order chi connectivity index (χ1) is 12.4. The molecule has 0 saturated heterocycles. The summed E-state index contributed by atoms with van der Waals surface area (Å²) < 4.78 is 11.6. The van der Waals surface area contributed by atoms with Crippen molar-refractivity contribution in [2.75, 3.05) is 6.61 Å². The SMILES string of the molecule is CC(CCCOc1ccccc1)c1ccc2c(c1)OC(C)(C)C(O)C2=O. The van der Waals surface area contributed by atoms with Crippen LogP contribution < -0.4 is 9.47 Å². The summed E-state index contributed by atoms with van der Waals surface area (Å²) in [6.07, 6.45) is 0.788. The average Bonchev–Trinajstić information content (AvgIpc) is 2.63. The molecule has 0 spiro atoms. The van der Waals surface area contributed by atoms with Gasteiger partial charge < -0.3 is 14.6 Å². The van der Waals surface area contributed by atoms with E-state index in [1.54, 1.807) is 19.9 Å². The molecule has 138 valence electrons. The number of hydrogen-bond acceptors (Lipinski definition) is 4. The largest absolute Gasteiger partial charge is 0.494 e. The maximum Gasteiger partial charge on any atom is 0.199 e. The number of rotatable bonds is 6. The second-order valence-corrected chi connectivity index (χ2v) is 7.43. The number of para-hydroxylation sites is 1. The lowest BCUT2D eigenvalue weighted by Gasteiger charge is -2.36. The molecule has 0 amide bonds. The van der Waals surface area contributed by atoms with Gasteiger partial charge in [-0.25, -0.2) is 0 Å². The van der Waals surface area contributed by atoms with Crippen LogP contribution in [0.1, 0.15) is 55.5 Å². The Bertz CT molecular complexity index is 767. The molecule has 4 heteroatoms. The van der Waals surface area contributed by atoms with E-state index >= 15 is 0 Å². The predicted octanol–water partition coefficient (Wildman–Crippen LogP) is 4.36. The minimum Gasteiger partial charge on any atom is -0.494 e. The number of benzene rings is 2. The van der Waals surface area contributed by atoms with Crippen molar-refractivity contribution in [3.63, 3.8) is 0 Å². The Hall–Kier alpha value is -2.33. The number of fused-ring (bicyclic) bond motifs is 1. The summed E-state index contributed by atoms with van der Waals surface area (Å²) in [4.78, 5) is 12.3. The lowest BCUT2D eigenvalue weighted by Crippen LogP contribution is -2.50. The molecule has 0 aromatic heterocycles. The molecule has 0 radical (unpaired) electrons. The first-order valence-electron chi connectivity index (χ1n) is 9.11. The second-order valence-electron chi connectivity index (χ2n) is 7.43. The van der Waals surface area contributed by atoms with Crippen LogP contribution in [0.15, 0.2) is 48.5 Å². The van der Waals surface area contributed by atoms with E-state index in [1.807, 2.05) is 42.5 Å². The van der Waals surface area contributed by atoms with Gasteiger partial charge in [-0.15, -0.1) is 0 Å². The van der Waals surface area contributed by atoms with E-state index in [4.69, 9.17) is 9.47 Å². The highest BCUT2D eigenvalue weighted by molar-refractivity contribution is 6.03. The van der Waals surface area contributed by atoms with Gasteiger partial charge in [0, 0.05) is 0 Å². The summed E-state index contributed by atoms with van der Waals surface area (Å²) in [6.45, 7) is 6.30. The molecular weight excluding hydrogens is 328 g/mol. The van der Waals surface area contributed by atoms with E-state index < -0.39 is 11.7 Å². The third kappa shape index (κ3) is 3.91. The molecule has 1 aliphatic rings. The Morgan fingerprint density at radius 2 is 1.92 bits per heavy atom. The zero-order valence-electron chi connectivity index (χ0n) is 15.6. The topological polar surface area (TPSA) is 55.8 Å². The first-order valence-corrected chi connectivity index (χ1v) is 9.11. The van der Waals surface area contributed by atoms with Gasteiger partial charge in [0.2, 0.25) is 0 Å². The van der Waals surface area contributed by atoms with Crippen LogP contribution in [0.5, 0.6) is 11.5 Å². The van der Waals surface area contributed by atoms with Crippen LogP contribution in [0.3, 0.4) is 0 Å². The number of carbonyl (C=O) groups excluding carboxylic acids is 1. The molecule has 2 unspecified atom stereocenters. The smallest absolute Gasteiger partial charge is 0.199 e. The fourth-order valence-electron chi connectivity index (χ4n) is 3.20. The fourth-order valence-corrected chi connectivity index (χ4v) is 3.20. The zero-order chi connectivity index (χ0) is 18.7. The molecule has 2 aromatic carbocycles. The lowest BCUT2D eigenvalue weighted by atomic mass is 9.87. The van der Waals surface area contributed by atoms with Gasteiger partial charge in [0.1, 0.15) is 17.1 Å². The molecule has 0 aliphatic carbocycles. The number of aliphatic hydroxyl groups is 1. The summed E-state index contributed by atoms with van der Waals surface area (Å²) in [5, 5.41) is 10.1. The van der Waals surface area contributed by atoms with Crippen LogP contribution in [-0.4, -0.2) is 29.2 Å². The molecule has 0 bridgehead atoms. The molecule has 0 fully saturated rings. The van der Waals surface area contributed by atoms with Gasteiger partial charge in [0.25, 0.3) is 0 Å². The van der Waals surface area contributed by atoms with Crippen LogP contribution in [-0.2, 0) is 0 Å². The van der Waals surface area contributed by atoms with Gasteiger partial charge in [-0.2, -0.15) is 0 Å². The molecule has 3 rings (SSSR count). The van der Waals surface area contributed by atoms with E-state index in [0.29, 0.717) is 23.8 Å². The predicted molar refractivity (Wildman–Crippen MR) is 101 cm³/mol. The number of ether oxygens (including phenoxy) is 2. The van der Waals surface area contributed by atoms with Gasteiger partial charge in [-0.3, -0.25) is 4.79 Å². The van der Waals surface area contributed by atoms with Crippen LogP contribution in [0.4, 0.5) is 0 Å². The molecule has 1 N–H and O–H groups in total. The Labute approximate surface area is 154 Å². The normalized spacial score (nSPS) is 19.4. The van der Waals surface area contributed by atoms with Crippen LogP contribution in [0.25, 0.3) is 0 Å². The maximum atomic E-state index is 12.3. The molecule has 1 heterocycles. The lowest BCUT2D eigenvalue weighted by molar-refractivity contribution is -0.0249. The second kappa shape index (κ2) is 7.50. The van der Waals surface area contributed by atoms with E-state index in [1.165, 1.54) is 0 Å². The summed E-state index contributed by atoms with van der Waals surface area (Å²) in [6, 6.07) is 15.5. The Morgan fingerprint density at radius 3 is 2.65 bits per heavy atom. The van der Waals surface area contributed by atoms with Gasteiger partial charge in [0.05, 0.1) is 12.2 Å². The summed E-state index contributed by atoms with van der Waals surface area (Å²) in [5.41, 5.74) is 0.679. The minimum absolute atomic E-state index is 0.272. The first kappa shape index (κ1) is 18.5. The summed E-state index contributed by atoms with van der Waals surface area (Å²) >= 11 is 0. The number of ketones is 1. The van der Waals surface area contributed by atoms with Gasteiger partial charge >= 0.3 is 0 Å². The van der Waals surface area contributed by atoms with Crippen LogP contribution in [0.2, 0.25) is 0 Å². The molecule has 1 aliphatic heterocycles. The Morgan fingerprint density at radius 1 is 1.19 bits per heavy atom. The van der Waals surface area contributed by atoms with Crippen LogP contribution >= 0.6 is 0 Å². The van der Waals surface area contributed by atoms with Crippen LogP contribution in [0, 0.1) is 0 Å². The number of hydrogen-bond donors (Lipinski definition) is 1. The standard InChI is InChI=1S/C22H26O4/c1-15(8-7-13-25-17-9-5-4-6-10-17)16-11-12-18-19(14-16)26-22(2,3)21(24)20(18)23/h4-6,9-12,14-15,21,24H,7-8,13H2,1-3H3. The van der Waals surface area contributed by atoms with Gasteiger partial charge in [-0.1, -0.05) is 31.2 Å². The van der Waals surface area contributed by atoms with Crippen molar-refractivity contribution in [3.05, 3.63) is 59.7 Å². The van der Waals surface area contributed by atoms with Crippen molar-refractivity contribution < 1.29 is 19.4 Å². The van der Waals surface area contributed by atoms with E-state index in [9.17, 15) is 9.90 Å². The molecular formula is C22H26O4. The summed E-state index contributed by atoms with van der Waals surface area (Å²) in [5.74, 6) is 1.51. The molecule has 26 heavy (non-hydrogen) atoms. The average molecular weight is 354 g/mol. The van der Waals surface area contributed by atoms with Crippen molar-refractivity contribution in [2.24, 2.45) is 0 Å². The van der Waals surface area contributed by atoms with Gasteiger partial charge in [-0.05, 0) is 62.4 Å². The minimum atomic E-state index is -1.13. The molecule has 2 aromatic rings. The van der Waals surface area contributed by atoms with E-state index in [0.717, 1.165) is 24.2 Å². The molecule has 4 nitrogen and oxygen atoms in total. The highest BCUT2D eigenvalue weighted by atomic mass is 16.5. The van der Waals surface area contributed by atoms with Crippen molar-refractivity contribution >= 4 is 5.78 Å². The maximum absolute atomic E-state index is 12.3. The fraction of sp³-hybridized carbons (Fsp3) is 0.409. The molecule has 2 atom stereocenters. The van der Waals surface area contributed by atoms with Gasteiger partial charge in [0.15, 0.2) is 11.9 Å². The van der Waals surface area contributed by atoms with Crippen molar-refractivity contribution in [1.82, 2.24) is 0 Å². The van der Waals surface area contributed by atoms with Crippen molar-refractivity contribution in [1.29, 1.82) is 0 Å². The highest BCUT2D eigenvalue weighted by Crippen LogP contribution is 2.36. The Kier molecular flexibility index (Phi) is 5.33. The van der Waals surface area contributed by atoms with E-state index in [2.05, 4.69) is 6.92 Å². The number of carbonyl (C=O) groups is 1. The number of aliphatic hydroxyl groups excluding tert-OH is 1.